The van der Waals surface area contributed by atoms with E-state index in [9.17, 15) is 4.79 Å². The molecular weight excluding hydrogens is 278 g/mol. The van der Waals surface area contributed by atoms with Gasteiger partial charge in [-0.1, -0.05) is 25.5 Å². The lowest BCUT2D eigenvalue weighted by Crippen LogP contribution is -2.26. The number of rotatable bonds is 7. The molecule has 0 spiro atoms. The lowest BCUT2D eigenvalue weighted by molar-refractivity contribution is 0.309. The molecule has 0 radical (unpaired) electrons. The van der Waals surface area contributed by atoms with E-state index in [-0.39, 0.29) is 5.56 Å². The second-order valence-electron chi connectivity index (χ2n) is 5.24. The summed E-state index contributed by atoms with van der Waals surface area (Å²) in [5.74, 6) is 0.830. The van der Waals surface area contributed by atoms with Gasteiger partial charge in [0.25, 0.3) is 5.56 Å². The summed E-state index contributed by atoms with van der Waals surface area (Å²) in [7, 11) is 3.49. The number of aryl methyl sites for hydroxylation is 1. The van der Waals surface area contributed by atoms with Crippen LogP contribution in [0.5, 0.6) is 5.75 Å². The first-order chi connectivity index (χ1) is 10.7. The van der Waals surface area contributed by atoms with Crippen LogP contribution in [-0.4, -0.2) is 23.4 Å². The Kier molecular flexibility index (Phi) is 5.72. The van der Waals surface area contributed by atoms with Crippen molar-refractivity contribution >= 4 is 0 Å². The zero-order valence-electron chi connectivity index (χ0n) is 13.4. The normalized spacial score (nSPS) is 10.7. The first-order valence-electron chi connectivity index (χ1n) is 7.60. The van der Waals surface area contributed by atoms with Gasteiger partial charge in [-0.2, -0.15) is 5.10 Å². The standard InChI is InChI=1S/C17H23N3O2/c1-4-5-9-22-15-8-6-7-13(10-15)16-11-14(12-18-2)17(21)20(3)19-16/h6-8,10-11,18H,4-5,9,12H2,1-3H3. The van der Waals surface area contributed by atoms with E-state index in [1.165, 1.54) is 4.68 Å². The van der Waals surface area contributed by atoms with Crippen molar-refractivity contribution in [2.24, 2.45) is 7.05 Å². The molecular formula is C17H23N3O2. The van der Waals surface area contributed by atoms with Gasteiger partial charge in [-0.3, -0.25) is 4.79 Å². The quantitative estimate of drug-likeness (QED) is 0.798. The third-order valence-electron chi connectivity index (χ3n) is 3.40. The van der Waals surface area contributed by atoms with Crippen LogP contribution < -0.4 is 15.6 Å². The largest absolute Gasteiger partial charge is 0.494 e. The molecule has 0 aliphatic heterocycles. The number of nitrogens with zero attached hydrogens (tertiary/aromatic N) is 2. The zero-order valence-corrected chi connectivity index (χ0v) is 13.4. The van der Waals surface area contributed by atoms with Crippen molar-refractivity contribution in [1.29, 1.82) is 0 Å². The van der Waals surface area contributed by atoms with Crippen LogP contribution in [0.4, 0.5) is 0 Å². The van der Waals surface area contributed by atoms with Gasteiger partial charge in [0.15, 0.2) is 0 Å². The van der Waals surface area contributed by atoms with Crippen LogP contribution in [0.15, 0.2) is 35.1 Å². The van der Waals surface area contributed by atoms with Gasteiger partial charge in [-0.25, -0.2) is 4.68 Å². The van der Waals surface area contributed by atoms with E-state index in [1.54, 1.807) is 7.05 Å². The minimum absolute atomic E-state index is 0.0755. The van der Waals surface area contributed by atoms with Crippen molar-refractivity contribution in [3.63, 3.8) is 0 Å². The van der Waals surface area contributed by atoms with Crippen LogP contribution >= 0.6 is 0 Å². The summed E-state index contributed by atoms with van der Waals surface area (Å²) in [4.78, 5) is 12.0. The maximum absolute atomic E-state index is 12.0. The number of ether oxygens (including phenoxy) is 1. The lowest BCUT2D eigenvalue weighted by atomic mass is 10.1. The molecule has 0 unspecified atom stereocenters. The average molecular weight is 301 g/mol. The summed E-state index contributed by atoms with van der Waals surface area (Å²) in [6.07, 6.45) is 2.14. The minimum atomic E-state index is -0.0755. The van der Waals surface area contributed by atoms with Crippen molar-refractivity contribution in [2.45, 2.75) is 26.3 Å². The van der Waals surface area contributed by atoms with Crippen LogP contribution in [-0.2, 0) is 13.6 Å². The van der Waals surface area contributed by atoms with E-state index in [0.29, 0.717) is 18.7 Å². The average Bonchev–Trinajstić information content (AvgIpc) is 2.52. The smallest absolute Gasteiger partial charge is 0.271 e. The fraction of sp³-hybridized carbons (Fsp3) is 0.412. The summed E-state index contributed by atoms with van der Waals surface area (Å²) in [5, 5.41) is 7.35. The highest BCUT2D eigenvalue weighted by atomic mass is 16.5. The van der Waals surface area contributed by atoms with Gasteiger partial charge in [-0.15, -0.1) is 0 Å². The zero-order chi connectivity index (χ0) is 15.9. The molecule has 1 aromatic carbocycles. The molecule has 0 aliphatic rings. The van der Waals surface area contributed by atoms with E-state index in [0.717, 1.165) is 29.8 Å². The Labute approximate surface area is 130 Å². The van der Waals surface area contributed by atoms with E-state index in [4.69, 9.17) is 4.74 Å². The number of benzene rings is 1. The van der Waals surface area contributed by atoms with Gasteiger partial charge in [0, 0.05) is 24.7 Å². The van der Waals surface area contributed by atoms with E-state index in [1.807, 2.05) is 37.4 Å². The molecule has 0 saturated heterocycles. The molecule has 0 fully saturated rings. The van der Waals surface area contributed by atoms with Gasteiger partial charge in [0.2, 0.25) is 0 Å². The molecule has 2 aromatic rings. The molecule has 0 aliphatic carbocycles. The van der Waals surface area contributed by atoms with Crippen LogP contribution in [0, 0.1) is 0 Å². The summed E-state index contributed by atoms with van der Waals surface area (Å²) in [6.45, 7) is 3.37. The maximum Gasteiger partial charge on any atom is 0.271 e. The Hall–Kier alpha value is -2.14. The molecule has 0 atom stereocenters. The summed E-state index contributed by atoms with van der Waals surface area (Å²) < 4.78 is 7.11. The van der Waals surface area contributed by atoms with Crippen molar-refractivity contribution in [1.82, 2.24) is 15.1 Å². The number of hydrogen-bond donors (Lipinski definition) is 1. The van der Waals surface area contributed by atoms with Crippen molar-refractivity contribution in [3.05, 3.63) is 46.2 Å². The molecule has 5 nitrogen and oxygen atoms in total. The summed E-state index contributed by atoms with van der Waals surface area (Å²) >= 11 is 0. The second kappa shape index (κ2) is 7.75. The highest BCUT2D eigenvalue weighted by molar-refractivity contribution is 5.61. The Balaban J connectivity index is 2.31. The van der Waals surface area contributed by atoms with Crippen LogP contribution in [0.3, 0.4) is 0 Å². The number of nitrogens with one attached hydrogen (secondary N) is 1. The first-order valence-corrected chi connectivity index (χ1v) is 7.60. The SMILES string of the molecule is CCCCOc1cccc(-c2cc(CNC)c(=O)n(C)n2)c1. The van der Waals surface area contributed by atoms with Gasteiger partial charge in [-0.05, 0) is 31.7 Å². The van der Waals surface area contributed by atoms with E-state index >= 15 is 0 Å². The van der Waals surface area contributed by atoms with E-state index < -0.39 is 0 Å². The van der Waals surface area contributed by atoms with E-state index in [2.05, 4.69) is 17.3 Å². The summed E-state index contributed by atoms with van der Waals surface area (Å²) in [6, 6.07) is 9.66. The van der Waals surface area contributed by atoms with Crippen LogP contribution in [0.25, 0.3) is 11.3 Å². The predicted molar refractivity (Wildman–Crippen MR) is 88.1 cm³/mol. The number of aromatic nitrogens is 2. The highest BCUT2D eigenvalue weighted by Gasteiger charge is 2.08. The van der Waals surface area contributed by atoms with Crippen LogP contribution in [0.1, 0.15) is 25.3 Å². The Morgan fingerprint density at radius 3 is 2.86 bits per heavy atom. The fourth-order valence-electron chi connectivity index (χ4n) is 2.21. The predicted octanol–water partition coefficient (Wildman–Crippen LogP) is 2.35. The van der Waals surface area contributed by atoms with Crippen molar-refractivity contribution in [3.8, 4) is 17.0 Å². The maximum atomic E-state index is 12.0. The number of hydrogen-bond acceptors (Lipinski definition) is 4. The third-order valence-corrected chi connectivity index (χ3v) is 3.40. The Bertz CT molecular complexity index is 680. The molecule has 2 rings (SSSR count). The highest BCUT2D eigenvalue weighted by Crippen LogP contribution is 2.22. The Morgan fingerprint density at radius 2 is 2.14 bits per heavy atom. The topological polar surface area (TPSA) is 56.1 Å². The molecule has 0 bridgehead atoms. The summed E-state index contributed by atoms with van der Waals surface area (Å²) in [5.41, 5.74) is 2.34. The van der Waals surface area contributed by atoms with Crippen molar-refractivity contribution in [2.75, 3.05) is 13.7 Å². The monoisotopic (exact) mass is 301 g/mol. The Morgan fingerprint density at radius 1 is 1.32 bits per heavy atom. The fourth-order valence-corrected chi connectivity index (χ4v) is 2.21. The second-order valence-corrected chi connectivity index (χ2v) is 5.24. The molecule has 1 aromatic heterocycles. The van der Waals surface area contributed by atoms with Gasteiger partial charge >= 0.3 is 0 Å². The first kappa shape index (κ1) is 16.2. The van der Waals surface area contributed by atoms with Crippen LogP contribution in [0.2, 0.25) is 0 Å². The van der Waals surface area contributed by atoms with Crippen molar-refractivity contribution < 1.29 is 4.74 Å². The molecule has 0 amide bonds. The molecule has 1 N–H and O–H groups in total. The molecule has 118 valence electrons. The minimum Gasteiger partial charge on any atom is -0.494 e. The van der Waals surface area contributed by atoms with Gasteiger partial charge in [0.05, 0.1) is 12.3 Å². The molecule has 1 heterocycles. The molecule has 0 saturated carbocycles. The molecule has 5 heteroatoms. The molecule has 22 heavy (non-hydrogen) atoms. The van der Waals surface area contributed by atoms with Gasteiger partial charge in [0.1, 0.15) is 5.75 Å². The number of unbranched alkanes of at least 4 members (excludes halogenated alkanes) is 1. The lowest BCUT2D eigenvalue weighted by Gasteiger charge is -2.09. The van der Waals surface area contributed by atoms with Gasteiger partial charge < -0.3 is 10.1 Å². The third kappa shape index (κ3) is 3.95.